The summed E-state index contributed by atoms with van der Waals surface area (Å²) in [4.78, 5) is 52.8. The molecular weight excluding hydrogens is 422 g/mol. The number of imide groups is 1. The normalized spacial score (nSPS) is 17.7. The largest absolute Gasteiger partial charge is 0.444 e. The molecule has 4 rings (SSSR count). The third-order valence-electron chi connectivity index (χ3n) is 5.28. The maximum Gasteiger partial charge on any atom is 0.339 e. The minimum absolute atomic E-state index is 0.204. The quantitative estimate of drug-likeness (QED) is 0.442. The van der Waals surface area contributed by atoms with Crippen LogP contribution in [-0.4, -0.2) is 36.0 Å². The third-order valence-corrected chi connectivity index (χ3v) is 5.28. The summed E-state index contributed by atoms with van der Waals surface area (Å²) in [5, 5.41) is 0. The van der Waals surface area contributed by atoms with E-state index in [9.17, 15) is 19.2 Å². The van der Waals surface area contributed by atoms with Gasteiger partial charge in [0.1, 0.15) is 0 Å². The lowest BCUT2D eigenvalue weighted by atomic mass is 10.1. The van der Waals surface area contributed by atoms with E-state index in [0.29, 0.717) is 11.3 Å². The van der Waals surface area contributed by atoms with Gasteiger partial charge in [-0.1, -0.05) is 54.1 Å². The average Bonchev–Trinajstić information content (AvgIpc) is 3.04. The first-order valence-corrected chi connectivity index (χ1v) is 10.3. The number of esters is 2. The Morgan fingerprint density at radius 3 is 1.58 bits per heavy atom. The second-order valence-electron chi connectivity index (χ2n) is 7.69. The summed E-state index contributed by atoms with van der Waals surface area (Å²) < 4.78 is 10.8. The van der Waals surface area contributed by atoms with Crippen molar-refractivity contribution in [1.29, 1.82) is 0 Å². The summed E-state index contributed by atoms with van der Waals surface area (Å²) in [6.45, 7) is 3.65. The zero-order chi connectivity index (χ0) is 23.5. The molecule has 0 saturated carbocycles. The molecule has 2 amide bonds. The Labute approximate surface area is 190 Å². The van der Waals surface area contributed by atoms with Crippen molar-refractivity contribution in [2.24, 2.45) is 0 Å². The Kier molecular flexibility index (Phi) is 6.04. The molecular formula is C26H21NO6. The number of hydrogen-bond acceptors (Lipinski definition) is 6. The number of carbonyl (C=O) groups is 4. The van der Waals surface area contributed by atoms with E-state index in [1.807, 2.05) is 13.0 Å². The lowest BCUT2D eigenvalue weighted by molar-refractivity contribution is -0.130. The topological polar surface area (TPSA) is 90.0 Å². The van der Waals surface area contributed by atoms with Crippen molar-refractivity contribution in [2.45, 2.75) is 26.1 Å². The standard InChI is InChI=1S/C26H21NO6/c1-16-13-14-20(17(2)15-16)27-23(28)21(32-25(30)18-9-5-3-6-10-18)22(24(27)29)33-26(31)19-11-7-4-8-12-19/h3-15,21-22H,1-2H3/t21-,22+. The number of aryl methyl sites for hydroxylation is 2. The number of carbonyl (C=O) groups excluding carboxylic acids is 4. The van der Waals surface area contributed by atoms with Crippen LogP contribution in [0.1, 0.15) is 31.8 Å². The van der Waals surface area contributed by atoms with Crippen molar-refractivity contribution in [1.82, 2.24) is 0 Å². The van der Waals surface area contributed by atoms with Crippen LogP contribution in [0.3, 0.4) is 0 Å². The van der Waals surface area contributed by atoms with Gasteiger partial charge in [0.25, 0.3) is 11.8 Å². The fraction of sp³-hybridized carbons (Fsp3) is 0.154. The van der Waals surface area contributed by atoms with Crippen molar-refractivity contribution < 1.29 is 28.7 Å². The van der Waals surface area contributed by atoms with Crippen LogP contribution in [-0.2, 0) is 19.1 Å². The number of nitrogens with zero attached hydrogens (tertiary/aromatic N) is 1. The highest BCUT2D eigenvalue weighted by molar-refractivity contribution is 6.25. The second kappa shape index (κ2) is 9.08. The molecule has 0 spiro atoms. The van der Waals surface area contributed by atoms with Gasteiger partial charge in [-0.05, 0) is 49.7 Å². The Hall–Kier alpha value is -4.26. The van der Waals surface area contributed by atoms with Gasteiger partial charge in [0.05, 0.1) is 16.8 Å². The van der Waals surface area contributed by atoms with Crippen molar-refractivity contribution in [3.8, 4) is 0 Å². The molecule has 7 nitrogen and oxygen atoms in total. The van der Waals surface area contributed by atoms with Crippen LogP contribution in [0, 0.1) is 13.8 Å². The van der Waals surface area contributed by atoms with Crippen molar-refractivity contribution in [2.75, 3.05) is 4.90 Å². The van der Waals surface area contributed by atoms with Crippen molar-refractivity contribution in [3.05, 3.63) is 101 Å². The highest BCUT2D eigenvalue weighted by atomic mass is 16.6. The van der Waals surface area contributed by atoms with Crippen LogP contribution in [0.2, 0.25) is 0 Å². The first-order valence-electron chi connectivity index (χ1n) is 10.3. The van der Waals surface area contributed by atoms with Gasteiger partial charge in [-0.2, -0.15) is 0 Å². The average molecular weight is 443 g/mol. The number of amides is 2. The van der Waals surface area contributed by atoms with Gasteiger partial charge in [-0.3, -0.25) is 9.59 Å². The molecule has 7 heteroatoms. The van der Waals surface area contributed by atoms with Crippen LogP contribution < -0.4 is 4.90 Å². The number of ether oxygens (including phenoxy) is 2. The van der Waals surface area contributed by atoms with E-state index >= 15 is 0 Å². The number of rotatable bonds is 5. The predicted molar refractivity (Wildman–Crippen MR) is 120 cm³/mol. The molecule has 3 aromatic carbocycles. The summed E-state index contributed by atoms with van der Waals surface area (Å²) in [6, 6.07) is 21.4. The monoisotopic (exact) mass is 443 g/mol. The maximum atomic E-state index is 13.3. The molecule has 3 aromatic rings. The molecule has 1 aliphatic rings. The zero-order valence-electron chi connectivity index (χ0n) is 18.1. The molecule has 33 heavy (non-hydrogen) atoms. The molecule has 2 atom stereocenters. The lowest BCUT2D eigenvalue weighted by Crippen LogP contribution is -2.37. The van der Waals surface area contributed by atoms with Gasteiger partial charge in [-0.25, -0.2) is 14.5 Å². The Morgan fingerprint density at radius 2 is 1.15 bits per heavy atom. The predicted octanol–water partition coefficient (Wildman–Crippen LogP) is 3.63. The van der Waals surface area contributed by atoms with E-state index in [2.05, 4.69) is 0 Å². The summed E-state index contributed by atoms with van der Waals surface area (Å²) in [6.07, 6.45) is -3.22. The van der Waals surface area contributed by atoms with Crippen LogP contribution in [0.4, 0.5) is 5.69 Å². The molecule has 1 fully saturated rings. The minimum atomic E-state index is -1.61. The maximum absolute atomic E-state index is 13.3. The molecule has 0 aromatic heterocycles. The fourth-order valence-electron chi connectivity index (χ4n) is 3.66. The van der Waals surface area contributed by atoms with Gasteiger partial charge in [0, 0.05) is 0 Å². The lowest BCUT2D eigenvalue weighted by Gasteiger charge is -2.17. The summed E-state index contributed by atoms with van der Waals surface area (Å²) in [7, 11) is 0. The molecule has 1 heterocycles. The van der Waals surface area contributed by atoms with Gasteiger partial charge in [0.15, 0.2) is 0 Å². The molecule has 0 radical (unpaired) electrons. The van der Waals surface area contributed by atoms with Gasteiger partial charge in [0.2, 0.25) is 12.2 Å². The molecule has 0 N–H and O–H groups in total. The van der Waals surface area contributed by atoms with Gasteiger partial charge >= 0.3 is 11.9 Å². The molecule has 0 aliphatic carbocycles. The van der Waals surface area contributed by atoms with Gasteiger partial charge in [-0.15, -0.1) is 0 Å². The molecule has 0 unspecified atom stereocenters. The van der Waals surface area contributed by atoms with Crippen LogP contribution >= 0.6 is 0 Å². The third kappa shape index (κ3) is 4.39. The molecule has 1 saturated heterocycles. The van der Waals surface area contributed by atoms with Gasteiger partial charge < -0.3 is 9.47 Å². The molecule has 1 aliphatic heterocycles. The van der Waals surface area contributed by atoms with Crippen molar-refractivity contribution in [3.63, 3.8) is 0 Å². The van der Waals surface area contributed by atoms with E-state index in [4.69, 9.17) is 9.47 Å². The Balaban J connectivity index is 1.68. The van der Waals surface area contributed by atoms with E-state index in [0.717, 1.165) is 10.5 Å². The SMILES string of the molecule is Cc1ccc(N2C(=O)[C@@H](OC(=O)c3ccccc3)[C@@H](OC(=O)c3ccccc3)C2=O)c(C)c1. The highest BCUT2D eigenvalue weighted by Gasteiger charge is 2.53. The van der Waals surface area contributed by atoms with Crippen LogP contribution in [0.15, 0.2) is 78.9 Å². The van der Waals surface area contributed by atoms with Crippen molar-refractivity contribution >= 4 is 29.4 Å². The summed E-state index contributed by atoms with van der Waals surface area (Å²) >= 11 is 0. The van der Waals surface area contributed by atoms with E-state index in [1.54, 1.807) is 55.5 Å². The second-order valence-corrected chi connectivity index (χ2v) is 7.69. The first kappa shape index (κ1) is 22.0. The summed E-state index contributed by atoms with van der Waals surface area (Å²) in [5.41, 5.74) is 2.38. The zero-order valence-corrected chi connectivity index (χ0v) is 18.1. The molecule has 0 bridgehead atoms. The van der Waals surface area contributed by atoms with E-state index < -0.39 is 36.0 Å². The number of anilines is 1. The summed E-state index contributed by atoms with van der Waals surface area (Å²) in [5.74, 6) is -3.15. The van der Waals surface area contributed by atoms with E-state index in [-0.39, 0.29) is 11.1 Å². The Morgan fingerprint density at radius 1 is 0.697 bits per heavy atom. The smallest absolute Gasteiger partial charge is 0.339 e. The minimum Gasteiger partial charge on any atom is -0.444 e. The Bertz CT molecular complexity index is 1150. The molecule has 166 valence electrons. The number of hydrogen-bond donors (Lipinski definition) is 0. The first-order chi connectivity index (χ1) is 15.9. The number of benzene rings is 3. The van der Waals surface area contributed by atoms with Crippen LogP contribution in [0.5, 0.6) is 0 Å². The highest BCUT2D eigenvalue weighted by Crippen LogP contribution is 2.30. The van der Waals surface area contributed by atoms with E-state index in [1.165, 1.54) is 24.3 Å². The fourth-order valence-corrected chi connectivity index (χ4v) is 3.66. The van der Waals surface area contributed by atoms with Crippen LogP contribution in [0.25, 0.3) is 0 Å².